The zero-order valence-electron chi connectivity index (χ0n) is 7.79. The second kappa shape index (κ2) is 4.97. The van der Waals surface area contributed by atoms with E-state index >= 15 is 0 Å². The first-order valence-corrected chi connectivity index (χ1v) is 6.25. The Bertz CT molecular complexity index is 153. The summed E-state index contributed by atoms with van der Waals surface area (Å²) in [6, 6.07) is 0.375. The minimum absolute atomic E-state index is 0.375. The van der Waals surface area contributed by atoms with Crippen LogP contribution in [0.3, 0.4) is 0 Å². The molecule has 0 radical (unpaired) electrons. The lowest BCUT2D eigenvalue weighted by atomic mass is 9.96. The van der Waals surface area contributed by atoms with Gasteiger partial charge in [-0.1, -0.05) is 6.92 Å². The highest BCUT2D eigenvalue weighted by Crippen LogP contribution is 2.21. The fraction of sp³-hybridized carbons (Fsp3) is 1.00. The van der Waals surface area contributed by atoms with Crippen molar-refractivity contribution in [2.75, 3.05) is 5.75 Å². The maximum Gasteiger partial charge on any atom is 0.0349 e. The van der Waals surface area contributed by atoms with Gasteiger partial charge < -0.3 is 5.73 Å². The molecule has 0 aromatic rings. The molecule has 1 aliphatic rings. The van der Waals surface area contributed by atoms with Crippen molar-refractivity contribution in [3.8, 4) is 0 Å². The molecule has 0 saturated heterocycles. The van der Waals surface area contributed by atoms with E-state index in [0.717, 1.165) is 37.9 Å². The summed E-state index contributed by atoms with van der Waals surface area (Å²) in [6.45, 7) is 2.09. The van der Waals surface area contributed by atoms with Crippen LogP contribution in [0.15, 0.2) is 0 Å². The van der Waals surface area contributed by atoms with Crippen LogP contribution < -0.4 is 5.73 Å². The van der Waals surface area contributed by atoms with Crippen LogP contribution in [-0.2, 0) is 10.8 Å². The minimum atomic E-state index is -0.577. The zero-order chi connectivity index (χ0) is 8.97. The van der Waals surface area contributed by atoms with Crippen LogP contribution >= 0.6 is 0 Å². The minimum Gasteiger partial charge on any atom is -0.328 e. The van der Waals surface area contributed by atoms with Crippen molar-refractivity contribution in [2.24, 2.45) is 5.73 Å². The van der Waals surface area contributed by atoms with E-state index < -0.39 is 10.8 Å². The highest BCUT2D eigenvalue weighted by atomic mass is 32.2. The second-order valence-electron chi connectivity index (χ2n) is 3.62. The van der Waals surface area contributed by atoms with Gasteiger partial charge in [0.05, 0.1) is 0 Å². The number of nitrogens with two attached hydrogens (primary N) is 1. The Labute approximate surface area is 77.4 Å². The summed E-state index contributed by atoms with van der Waals surface area (Å²) in [5, 5.41) is 0.449. The van der Waals surface area contributed by atoms with Crippen molar-refractivity contribution >= 4 is 10.8 Å². The van der Waals surface area contributed by atoms with Crippen LogP contribution in [0.5, 0.6) is 0 Å². The van der Waals surface area contributed by atoms with E-state index in [0.29, 0.717) is 11.3 Å². The van der Waals surface area contributed by atoms with Crippen molar-refractivity contribution in [2.45, 2.75) is 50.3 Å². The fourth-order valence-corrected chi connectivity index (χ4v) is 3.25. The first-order chi connectivity index (χ1) is 5.74. The standard InChI is InChI=1S/C9H19NOS/c1-2-7-12(11)9-5-3-8(10)4-6-9/h8-9H,2-7,10H2,1H3. The van der Waals surface area contributed by atoms with Crippen LogP contribution in [0.25, 0.3) is 0 Å². The van der Waals surface area contributed by atoms with Crippen molar-refractivity contribution in [1.82, 2.24) is 0 Å². The number of hydrogen-bond donors (Lipinski definition) is 1. The van der Waals surface area contributed by atoms with E-state index in [1.165, 1.54) is 0 Å². The first kappa shape index (κ1) is 10.2. The monoisotopic (exact) mass is 189 g/mol. The molecule has 1 saturated carbocycles. The van der Waals surface area contributed by atoms with Crippen molar-refractivity contribution in [1.29, 1.82) is 0 Å². The molecule has 0 spiro atoms. The van der Waals surface area contributed by atoms with Gasteiger partial charge in [0.25, 0.3) is 0 Å². The third kappa shape index (κ3) is 2.87. The van der Waals surface area contributed by atoms with Crippen LogP contribution in [-0.4, -0.2) is 21.3 Å². The first-order valence-electron chi connectivity index (χ1n) is 4.86. The van der Waals surface area contributed by atoms with Gasteiger partial charge >= 0.3 is 0 Å². The average Bonchev–Trinajstić information content (AvgIpc) is 2.06. The molecule has 2 N–H and O–H groups in total. The van der Waals surface area contributed by atoms with E-state index in [4.69, 9.17) is 5.73 Å². The summed E-state index contributed by atoms with van der Waals surface area (Å²) < 4.78 is 11.6. The van der Waals surface area contributed by atoms with Crippen LogP contribution in [0.4, 0.5) is 0 Å². The molecule has 0 aromatic heterocycles. The van der Waals surface area contributed by atoms with Crippen molar-refractivity contribution in [3.63, 3.8) is 0 Å². The highest BCUT2D eigenvalue weighted by molar-refractivity contribution is 7.85. The summed E-state index contributed by atoms with van der Waals surface area (Å²) in [7, 11) is -0.577. The van der Waals surface area contributed by atoms with Crippen LogP contribution in [0.2, 0.25) is 0 Å². The molecule has 72 valence electrons. The predicted molar refractivity (Wildman–Crippen MR) is 53.5 cm³/mol. The number of rotatable bonds is 3. The predicted octanol–water partition coefficient (Wildman–Crippen LogP) is 1.41. The smallest absolute Gasteiger partial charge is 0.0349 e. The highest BCUT2D eigenvalue weighted by Gasteiger charge is 2.22. The molecule has 1 atom stereocenters. The maximum atomic E-state index is 11.6. The Balaban J connectivity index is 2.29. The lowest BCUT2D eigenvalue weighted by molar-refractivity contribution is 0.444. The van der Waals surface area contributed by atoms with E-state index in [1.54, 1.807) is 0 Å². The van der Waals surface area contributed by atoms with E-state index in [9.17, 15) is 4.21 Å². The zero-order valence-corrected chi connectivity index (χ0v) is 8.61. The second-order valence-corrected chi connectivity index (χ2v) is 5.46. The van der Waals surface area contributed by atoms with E-state index in [-0.39, 0.29) is 0 Å². The summed E-state index contributed by atoms with van der Waals surface area (Å²) in [5.41, 5.74) is 5.77. The van der Waals surface area contributed by atoms with E-state index in [1.807, 2.05) is 0 Å². The Morgan fingerprint density at radius 3 is 2.42 bits per heavy atom. The molecule has 0 heterocycles. The molecule has 3 heteroatoms. The SMILES string of the molecule is CCCS(=O)C1CCC(N)CC1. The summed E-state index contributed by atoms with van der Waals surface area (Å²) in [6.07, 6.45) is 5.33. The van der Waals surface area contributed by atoms with Gasteiger partial charge in [-0.15, -0.1) is 0 Å². The van der Waals surface area contributed by atoms with Gasteiger partial charge in [-0.05, 0) is 32.1 Å². The third-order valence-electron chi connectivity index (χ3n) is 2.50. The molecule has 0 amide bonds. The topological polar surface area (TPSA) is 43.1 Å². The molecule has 0 bridgehead atoms. The van der Waals surface area contributed by atoms with Gasteiger partial charge in [-0.3, -0.25) is 4.21 Å². The molecule has 1 fully saturated rings. The average molecular weight is 189 g/mol. The Hall–Kier alpha value is 0.110. The molecule has 12 heavy (non-hydrogen) atoms. The van der Waals surface area contributed by atoms with Crippen LogP contribution in [0.1, 0.15) is 39.0 Å². The Morgan fingerprint density at radius 1 is 1.33 bits per heavy atom. The molecule has 2 nitrogen and oxygen atoms in total. The molecule has 0 aliphatic heterocycles. The molecule has 1 rings (SSSR count). The maximum absolute atomic E-state index is 11.6. The van der Waals surface area contributed by atoms with Gasteiger partial charge in [0, 0.05) is 27.8 Å². The van der Waals surface area contributed by atoms with Crippen molar-refractivity contribution < 1.29 is 4.21 Å². The molecular weight excluding hydrogens is 170 g/mol. The third-order valence-corrected chi connectivity index (χ3v) is 4.52. The molecular formula is C9H19NOS. The largest absolute Gasteiger partial charge is 0.328 e. The normalized spacial score (nSPS) is 33.2. The van der Waals surface area contributed by atoms with Crippen molar-refractivity contribution in [3.05, 3.63) is 0 Å². The van der Waals surface area contributed by atoms with Gasteiger partial charge in [0.2, 0.25) is 0 Å². The number of hydrogen-bond acceptors (Lipinski definition) is 2. The van der Waals surface area contributed by atoms with Gasteiger partial charge in [0.1, 0.15) is 0 Å². The lowest BCUT2D eigenvalue weighted by Gasteiger charge is -2.25. The van der Waals surface area contributed by atoms with Gasteiger partial charge in [-0.2, -0.15) is 0 Å². The fourth-order valence-electron chi connectivity index (χ4n) is 1.72. The summed E-state index contributed by atoms with van der Waals surface area (Å²) >= 11 is 0. The molecule has 1 aliphatic carbocycles. The lowest BCUT2D eigenvalue weighted by Crippen LogP contribution is -2.31. The Morgan fingerprint density at radius 2 is 1.92 bits per heavy atom. The van der Waals surface area contributed by atoms with Gasteiger partial charge in [-0.25, -0.2) is 0 Å². The molecule has 0 aromatic carbocycles. The van der Waals surface area contributed by atoms with Crippen LogP contribution in [0, 0.1) is 0 Å². The van der Waals surface area contributed by atoms with E-state index in [2.05, 4.69) is 6.92 Å². The summed E-state index contributed by atoms with van der Waals surface area (Å²) in [4.78, 5) is 0. The van der Waals surface area contributed by atoms with Gasteiger partial charge in [0.15, 0.2) is 0 Å². The molecule has 1 unspecified atom stereocenters. The quantitative estimate of drug-likeness (QED) is 0.729. The summed E-state index contributed by atoms with van der Waals surface area (Å²) in [5.74, 6) is 0.875. The Kier molecular flexibility index (Phi) is 4.22.